The molecule has 170 valence electrons. The summed E-state index contributed by atoms with van der Waals surface area (Å²) in [4.78, 5) is 43.8. The van der Waals surface area contributed by atoms with Crippen molar-refractivity contribution in [2.45, 2.75) is 38.5 Å². The van der Waals surface area contributed by atoms with Crippen molar-refractivity contribution in [3.63, 3.8) is 0 Å². The minimum absolute atomic E-state index is 0. The van der Waals surface area contributed by atoms with E-state index in [0.717, 1.165) is 16.2 Å². The number of aryl methyl sites for hydroxylation is 2. The summed E-state index contributed by atoms with van der Waals surface area (Å²) in [6.07, 6.45) is 2.89. The van der Waals surface area contributed by atoms with Crippen LogP contribution in [-0.4, -0.2) is 59.2 Å². The summed E-state index contributed by atoms with van der Waals surface area (Å²) in [6.45, 7) is -0.352. The fraction of sp³-hybridized carbons (Fsp3) is 0.316. The summed E-state index contributed by atoms with van der Waals surface area (Å²) in [5.41, 5.74) is 0.757. The topological polar surface area (TPSA) is 165 Å². The van der Waals surface area contributed by atoms with E-state index in [2.05, 4.69) is 30.7 Å². The van der Waals surface area contributed by atoms with E-state index in [1.54, 1.807) is 36.7 Å². The van der Waals surface area contributed by atoms with Crippen LogP contribution in [0.3, 0.4) is 0 Å². The zero-order chi connectivity index (χ0) is 22.1. The van der Waals surface area contributed by atoms with E-state index in [-0.39, 0.29) is 25.6 Å². The first-order chi connectivity index (χ1) is 15.0. The van der Waals surface area contributed by atoms with Crippen LogP contribution in [0.25, 0.3) is 0 Å². The molecule has 2 aromatic heterocycles. The SMILES string of the molecule is Cl.O=C(O)CC(NC(=O)OCc1ccccc1)C(=O)Cn1nnc(CCc2ncc[nH]2)n1. The van der Waals surface area contributed by atoms with E-state index in [1.165, 1.54) is 0 Å². The van der Waals surface area contributed by atoms with Gasteiger partial charge < -0.3 is 20.1 Å². The largest absolute Gasteiger partial charge is 0.481 e. The molecule has 2 heterocycles. The summed E-state index contributed by atoms with van der Waals surface area (Å²) in [5, 5.41) is 23.2. The molecule has 3 aromatic rings. The highest BCUT2D eigenvalue weighted by Crippen LogP contribution is 2.03. The third-order valence-electron chi connectivity index (χ3n) is 4.20. The molecule has 0 aliphatic heterocycles. The molecule has 0 spiro atoms. The number of ketones is 1. The Morgan fingerprint density at radius 2 is 1.97 bits per heavy atom. The molecule has 0 saturated heterocycles. The lowest BCUT2D eigenvalue weighted by atomic mass is 10.1. The van der Waals surface area contributed by atoms with Crippen molar-refractivity contribution in [1.29, 1.82) is 0 Å². The fourth-order valence-corrected chi connectivity index (χ4v) is 2.68. The van der Waals surface area contributed by atoms with Gasteiger partial charge in [-0.05, 0) is 10.8 Å². The highest BCUT2D eigenvalue weighted by molar-refractivity contribution is 5.90. The Morgan fingerprint density at radius 3 is 2.66 bits per heavy atom. The lowest BCUT2D eigenvalue weighted by Crippen LogP contribution is -2.44. The molecule has 3 rings (SSSR count). The Bertz CT molecular complexity index is 1010. The minimum atomic E-state index is -1.29. The number of halogens is 1. The van der Waals surface area contributed by atoms with Gasteiger partial charge in [0.2, 0.25) is 0 Å². The fourth-order valence-electron chi connectivity index (χ4n) is 2.68. The van der Waals surface area contributed by atoms with Gasteiger partial charge in [0.1, 0.15) is 25.0 Å². The number of tetrazole rings is 1. The zero-order valence-electron chi connectivity index (χ0n) is 16.9. The van der Waals surface area contributed by atoms with Crippen molar-refractivity contribution >= 4 is 30.3 Å². The number of carbonyl (C=O) groups excluding carboxylic acids is 2. The normalized spacial score (nSPS) is 11.2. The van der Waals surface area contributed by atoms with Gasteiger partial charge in [-0.2, -0.15) is 4.80 Å². The molecule has 0 radical (unpaired) electrons. The van der Waals surface area contributed by atoms with Crippen molar-refractivity contribution in [2.75, 3.05) is 0 Å². The molecule has 12 nitrogen and oxygen atoms in total. The molecule has 0 aliphatic carbocycles. The van der Waals surface area contributed by atoms with Gasteiger partial charge in [0.25, 0.3) is 0 Å². The number of Topliss-reactive ketones (excluding diaryl/α,β-unsaturated/α-hetero) is 1. The molecule has 0 saturated carbocycles. The number of carboxylic acids is 1. The number of hydrogen-bond acceptors (Lipinski definition) is 8. The number of carbonyl (C=O) groups is 3. The van der Waals surface area contributed by atoms with Crippen LogP contribution in [0.1, 0.15) is 23.6 Å². The number of nitrogens with zero attached hydrogens (tertiary/aromatic N) is 5. The summed E-state index contributed by atoms with van der Waals surface area (Å²) in [5.74, 6) is -0.650. The third kappa shape index (κ3) is 7.80. The number of carboxylic acid groups (broad SMARTS) is 1. The van der Waals surface area contributed by atoms with Crippen molar-refractivity contribution in [3.8, 4) is 0 Å². The Kier molecular flexibility index (Phi) is 9.29. The second-order valence-electron chi connectivity index (χ2n) is 6.59. The number of alkyl carbamates (subject to hydrolysis) is 1. The van der Waals surface area contributed by atoms with Crippen LogP contribution in [0.2, 0.25) is 0 Å². The molecule has 0 fully saturated rings. The molecule has 1 atom stereocenters. The molecular weight excluding hydrogens is 442 g/mol. The number of aromatic nitrogens is 6. The summed E-state index contributed by atoms with van der Waals surface area (Å²) in [7, 11) is 0. The molecule has 1 unspecified atom stereocenters. The minimum Gasteiger partial charge on any atom is -0.481 e. The van der Waals surface area contributed by atoms with E-state index >= 15 is 0 Å². The van der Waals surface area contributed by atoms with Crippen LogP contribution in [0.5, 0.6) is 0 Å². The molecule has 1 aromatic carbocycles. The van der Waals surface area contributed by atoms with Gasteiger partial charge in [0.05, 0.1) is 6.42 Å². The number of imidazole rings is 1. The van der Waals surface area contributed by atoms with E-state index in [1.807, 2.05) is 6.07 Å². The van der Waals surface area contributed by atoms with Gasteiger partial charge in [-0.25, -0.2) is 9.78 Å². The Hall–Kier alpha value is -3.80. The molecule has 1 amide bonds. The molecule has 0 aliphatic rings. The van der Waals surface area contributed by atoms with Crippen molar-refractivity contribution < 1.29 is 24.2 Å². The zero-order valence-corrected chi connectivity index (χ0v) is 17.7. The molecule has 13 heteroatoms. The van der Waals surface area contributed by atoms with Crippen molar-refractivity contribution in [1.82, 2.24) is 35.5 Å². The summed E-state index contributed by atoms with van der Waals surface area (Å²) >= 11 is 0. The van der Waals surface area contributed by atoms with E-state index in [9.17, 15) is 14.4 Å². The van der Waals surface area contributed by atoms with Crippen LogP contribution >= 0.6 is 12.4 Å². The van der Waals surface area contributed by atoms with Crippen LogP contribution in [-0.2, 0) is 40.3 Å². The standard InChI is InChI=1S/C19H21N7O5.ClH/c27-15(11-26-24-17(23-25-26)7-6-16-20-8-9-21-16)14(10-18(28)29)22-19(30)31-12-13-4-2-1-3-5-13;/h1-5,8-9,14H,6-7,10-12H2,(H,20,21)(H,22,30)(H,28,29);1H. The summed E-state index contributed by atoms with van der Waals surface area (Å²) in [6, 6.07) is 7.66. The average Bonchev–Trinajstić information content (AvgIpc) is 3.42. The van der Waals surface area contributed by atoms with Gasteiger partial charge in [-0.15, -0.1) is 22.6 Å². The van der Waals surface area contributed by atoms with Crippen LogP contribution < -0.4 is 5.32 Å². The van der Waals surface area contributed by atoms with Crippen LogP contribution in [0, 0.1) is 0 Å². The highest BCUT2D eigenvalue weighted by atomic mass is 35.5. The quantitative estimate of drug-likeness (QED) is 0.375. The number of rotatable bonds is 11. The molecule has 32 heavy (non-hydrogen) atoms. The molecular formula is C19H22ClN7O5. The van der Waals surface area contributed by atoms with Crippen LogP contribution in [0.4, 0.5) is 4.79 Å². The predicted octanol–water partition coefficient (Wildman–Crippen LogP) is 0.942. The number of ether oxygens (including phenoxy) is 1. The number of aliphatic carboxylic acids is 1. The number of benzene rings is 1. The average molecular weight is 464 g/mol. The third-order valence-corrected chi connectivity index (χ3v) is 4.20. The number of hydrogen-bond donors (Lipinski definition) is 3. The predicted molar refractivity (Wildman–Crippen MR) is 112 cm³/mol. The van der Waals surface area contributed by atoms with Gasteiger partial charge in [0.15, 0.2) is 11.6 Å². The van der Waals surface area contributed by atoms with Gasteiger partial charge >= 0.3 is 12.1 Å². The first-order valence-electron chi connectivity index (χ1n) is 9.46. The maximum absolute atomic E-state index is 12.5. The highest BCUT2D eigenvalue weighted by Gasteiger charge is 2.25. The molecule has 3 N–H and O–H groups in total. The van der Waals surface area contributed by atoms with Gasteiger partial charge in [-0.3, -0.25) is 9.59 Å². The first-order valence-corrected chi connectivity index (χ1v) is 9.46. The molecule has 0 bridgehead atoms. The lowest BCUT2D eigenvalue weighted by Gasteiger charge is -2.15. The second kappa shape index (κ2) is 12.2. The van der Waals surface area contributed by atoms with E-state index in [4.69, 9.17) is 9.84 Å². The second-order valence-corrected chi connectivity index (χ2v) is 6.59. The first kappa shape index (κ1) is 24.5. The Morgan fingerprint density at radius 1 is 1.19 bits per heavy atom. The lowest BCUT2D eigenvalue weighted by molar-refractivity contribution is -0.139. The monoisotopic (exact) mass is 463 g/mol. The van der Waals surface area contributed by atoms with Gasteiger partial charge in [0, 0.05) is 25.2 Å². The number of amides is 1. The number of H-pyrrole nitrogens is 1. The van der Waals surface area contributed by atoms with E-state index < -0.39 is 30.3 Å². The van der Waals surface area contributed by atoms with Crippen molar-refractivity contribution in [2.24, 2.45) is 0 Å². The maximum Gasteiger partial charge on any atom is 0.408 e. The summed E-state index contributed by atoms with van der Waals surface area (Å²) < 4.78 is 5.06. The maximum atomic E-state index is 12.5. The Balaban J connectivity index is 0.00000363. The van der Waals surface area contributed by atoms with Crippen molar-refractivity contribution in [3.05, 3.63) is 59.9 Å². The number of aromatic amines is 1. The van der Waals surface area contributed by atoms with Gasteiger partial charge in [-0.1, -0.05) is 30.3 Å². The Labute approximate surface area is 188 Å². The smallest absolute Gasteiger partial charge is 0.408 e. The number of nitrogens with one attached hydrogen (secondary N) is 2. The van der Waals surface area contributed by atoms with Crippen LogP contribution in [0.15, 0.2) is 42.7 Å². The van der Waals surface area contributed by atoms with E-state index in [0.29, 0.717) is 18.7 Å².